The van der Waals surface area contributed by atoms with Gasteiger partial charge in [-0.1, -0.05) is 0 Å². The van der Waals surface area contributed by atoms with Gasteiger partial charge in [0.05, 0.1) is 17.8 Å². The van der Waals surface area contributed by atoms with Crippen molar-refractivity contribution in [2.75, 3.05) is 16.8 Å². The van der Waals surface area contributed by atoms with Gasteiger partial charge in [0.2, 0.25) is 0 Å². The Morgan fingerprint density at radius 3 is 2.38 bits per heavy atom. The van der Waals surface area contributed by atoms with Crippen LogP contribution in [0.5, 0.6) is 0 Å². The number of fused-ring (bicyclic) bond motifs is 1. The molecule has 0 saturated heterocycles. The maximum Gasteiger partial charge on any atom is 0.416 e. The molecule has 1 atom stereocenters. The summed E-state index contributed by atoms with van der Waals surface area (Å²) in [7, 11) is 0. The Labute approximate surface area is 223 Å². The summed E-state index contributed by atoms with van der Waals surface area (Å²) in [5, 5.41) is 6.82. The lowest BCUT2D eigenvalue weighted by Crippen LogP contribution is -2.43. The van der Waals surface area contributed by atoms with Gasteiger partial charge in [0.25, 0.3) is 5.91 Å². The summed E-state index contributed by atoms with van der Waals surface area (Å²) in [5.74, 6) is -0.552. The number of benzene rings is 1. The quantitative estimate of drug-likeness (QED) is 0.420. The molecular formula is C27H28F3N5O4. The average molecular weight is 544 g/mol. The molecule has 12 heteroatoms. The highest BCUT2D eigenvalue weighted by atomic mass is 19.4. The summed E-state index contributed by atoms with van der Waals surface area (Å²) in [6.45, 7) is 8.93. The van der Waals surface area contributed by atoms with Crippen LogP contribution < -0.4 is 10.2 Å². The highest BCUT2D eigenvalue weighted by Crippen LogP contribution is 2.33. The van der Waals surface area contributed by atoms with E-state index in [4.69, 9.17) is 4.74 Å². The number of Topliss-reactive ketones (excluding diaryl/α,β-unsaturated/α-hetero) is 1. The SMILES string of the molecule is Cc1cc(NC(=O)OC(C)(C)C)ncc1C(=O)Cc1cnn2c1C(=O)N(c1ccc(C(F)(F)F)cc1)C[C@@H]2C. The van der Waals surface area contributed by atoms with Crippen molar-refractivity contribution in [3.63, 3.8) is 0 Å². The maximum atomic E-state index is 13.4. The first-order chi connectivity index (χ1) is 18.1. The molecule has 206 valence electrons. The third-order valence-electron chi connectivity index (χ3n) is 6.08. The number of anilines is 2. The first-order valence-corrected chi connectivity index (χ1v) is 12.2. The second kappa shape index (κ2) is 10.2. The van der Waals surface area contributed by atoms with E-state index in [2.05, 4.69) is 15.4 Å². The van der Waals surface area contributed by atoms with Gasteiger partial charge in [-0.3, -0.25) is 19.6 Å². The fourth-order valence-corrected chi connectivity index (χ4v) is 4.29. The summed E-state index contributed by atoms with van der Waals surface area (Å²) in [4.78, 5) is 44.2. The molecule has 4 rings (SSSR count). The minimum absolute atomic E-state index is 0.143. The van der Waals surface area contributed by atoms with Crippen LogP contribution in [0.15, 0.2) is 42.7 Å². The number of aromatic nitrogens is 3. The zero-order chi connectivity index (χ0) is 28.7. The number of alkyl halides is 3. The molecule has 0 spiro atoms. The van der Waals surface area contributed by atoms with Crippen LogP contribution in [0.3, 0.4) is 0 Å². The average Bonchev–Trinajstić information content (AvgIpc) is 3.24. The molecule has 2 aromatic heterocycles. The second-order valence-corrected chi connectivity index (χ2v) is 10.4. The summed E-state index contributed by atoms with van der Waals surface area (Å²) in [5.41, 5.74) is 0.291. The van der Waals surface area contributed by atoms with E-state index in [1.807, 2.05) is 6.92 Å². The minimum Gasteiger partial charge on any atom is -0.444 e. The summed E-state index contributed by atoms with van der Waals surface area (Å²) in [6.07, 6.45) is -2.50. The number of aryl methyl sites for hydroxylation is 1. The molecule has 0 fully saturated rings. The van der Waals surface area contributed by atoms with Crippen LogP contribution in [0, 0.1) is 6.92 Å². The predicted octanol–water partition coefficient (Wildman–Crippen LogP) is 5.60. The highest BCUT2D eigenvalue weighted by Gasteiger charge is 2.35. The van der Waals surface area contributed by atoms with Gasteiger partial charge in [-0.15, -0.1) is 0 Å². The molecule has 1 aliphatic heterocycles. The lowest BCUT2D eigenvalue weighted by atomic mass is 10.00. The standard InChI is InChI=1S/C27H28F3N5O4/c1-15-10-22(33-25(38)39-26(3,4)5)31-13-20(15)21(36)11-17-12-32-35-16(2)14-34(24(37)23(17)35)19-8-6-18(7-9-19)27(28,29)30/h6-10,12-13,16H,11,14H2,1-5H3,(H,31,33,38)/t16-/m0/s1. The first kappa shape index (κ1) is 27.8. The number of pyridine rings is 1. The Balaban J connectivity index is 1.53. The van der Waals surface area contributed by atoms with Crippen LogP contribution in [0.2, 0.25) is 0 Å². The zero-order valence-electron chi connectivity index (χ0n) is 22.1. The number of ketones is 1. The van der Waals surface area contributed by atoms with Crippen LogP contribution >= 0.6 is 0 Å². The van der Waals surface area contributed by atoms with Crippen LogP contribution in [-0.4, -0.2) is 44.7 Å². The van der Waals surface area contributed by atoms with E-state index < -0.39 is 29.3 Å². The molecule has 1 aliphatic rings. The third kappa shape index (κ3) is 6.10. The Morgan fingerprint density at radius 1 is 1.13 bits per heavy atom. The second-order valence-electron chi connectivity index (χ2n) is 10.4. The molecule has 0 bridgehead atoms. The number of nitrogens with one attached hydrogen (secondary N) is 1. The van der Waals surface area contributed by atoms with Crippen LogP contribution in [0.4, 0.5) is 29.5 Å². The number of hydrogen-bond acceptors (Lipinski definition) is 6. The minimum atomic E-state index is -4.49. The van der Waals surface area contributed by atoms with E-state index in [0.717, 1.165) is 12.1 Å². The molecule has 9 nitrogen and oxygen atoms in total. The number of ether oxygens (including phenoxy) is 1. The third-order valence-corrected chi connectivity index (χ3v) is 6.08. The highest BCUT2D eigenvalue weighted by molar-refractivity contribution is 6.08. The van der Waals surface area contributed by atoms with Gasteiger partial charge < -0.3 is 9.64 Å². The van der Waals surface area contributed by atoms with Gasteiger partial charge in [0, 0.05) is 36.0 Å². The van der Waals surface area contributed by atoms with Gasteiger partial charge in [0.15, 0.2) is 5.78 Å². The molecule has 0 unspecified atom stereocenters. The Bertz CT molecular complexity index is 1420. The van der Waals surface area contributed by atoms with E-state index in [-0.39, 0.29) is 36.3 Å². The number of carbonyl (C=O) groups excluding carboxylic acids is 3. The Morgan fingerprint density at radius 2 is 1.79 bits per heavy atom. The number of nitrogens with zero attached hydrogens (tertiary/aromatic N) is 4. The van der Waals surface area contributed by atoms with Crippen molar-refractivity contribution >= 4 is 29.3 Å². The van der Waals surface area contributed by atoms with Crippen molar-refractivity contribution in [2.24, 2.45) is 0 Å². The van der Waals surface area contributed by atoms with Crippen LogP contribution in [0.1, 0.15) is 71.3 Å². The van der Waals surface area contributed by atoms with Crippen molar-refractivity contribution in [2.45, 2.75) is 58.9 Å². The smallest absolute Gasteiger partial charge is 0.416 e. The fraction of sp³-hybridized carbons (Fsp3) is 0.370. The monoisotopic (exact) mass is 543 g/mol. The molecular weight excluding hydrogens is 515 g/mol. The number of amides is 2. The van der Waals surface area contributed by atoms with Crippen molar-refractivity contribution in [1.29, 1.82) is 0 Å². The molecule has 3 heterocycles. The van der Waals surface area contributed by atoms with E-state index >= 15 is 0 Å². The number of halogens is 3. The first-order valence-electron chi connectivity index (χ1n) is 12.2. The van der Waals surface area contributed by atoms with Crippen molar-refractivity contribution in [3.05, 3.63) is 70.7 Å². The molecule has 1 N–H and O–H groups in total. The molecule has 0 saturated carbocycles. The summed E-state index contributed by atoms with van der Waals surface area (Å²) in [6, 6.07) is 5.65. The number of carbonyl (C=O) groups is 3. The molecule has 0 radical (unpaired) electrons. The van der Waals surface area contributed by atoms with Gasteiger partial charge in [-0.2, -0.15) is 18.3 Å². The zero-order valence-corrected chi connectivity index (χ0v) is 22.1. The summed E-state index contributed by atoms with van der Waals surface area (Å²) < 4.78 is 45.7. The number of hydrogen-bond donors (Lipinski definition) is 1. The molecule has 0 aliphatic carbocycles. The fourth-order valence-electron chi connectivity index (χ4n) is 4.29. The van der Waals surface area contributed by atoms with Crippen molar-refractivity contribution < 1.29 is 32.3 Å². The van der Waals surface area contributed by atoms with E-state index in [0.29, 0.717) is 22.4 Å². The lowest BCUT2D eigenvalue weighted by Gasteiger charge is -2.32. The Kier molecular flexibility index (Phi) is 7.24. The number of rotatable bonds is 5. The van der Waals surface area contributed by atoms with Gasteiger partial charge in [-0.25, -0.2) is 9.78 Å². The summed E-state index contributed by atoms with van der Waals surface area (Å²) >= 11 is 0. The van der Waals surface area contributed by atoms with Gasteiger partial charge in [0.1, 0.15) is 17.1 Å². The Hall–Kier alpha value is -4.22. The van der Waals surface area contributed by atoms with E-state index in [1.165, 1.54) is 34.1 Å². The molecule has 1 aromatic carbocycles. The molecule has 39 heavy (non-hydrogen) atoms. The van der Waals surface area contributed by atoms with Crippen molar-refractivity contribution in [1.82, 2.24) is 14.8 Å². The van der Waals surface area contributed by atoms with Crippen LogP contribution in [-0.2, 0) is 17.3 Å². The van der Waals surface area contributed by atoms with Crippen LogP contribution in [0.25, 0.3) is 0 Å². The van der Waals surface area contributed by atoms with Gasteiger partial charge >= 0.3 is 12.3 Å². The van der Waals surface area contributed by atoms with Crippen molar-refractivity contribution in [3.8, 4) is 0 Å². The normalized spacial score (nSPS) is 15.6. The predicted molar refractivity (Wildman–Crippen MR) is 137 cm³/mol. The van der Waals surface area contributed by atoms with E-state index in [9.17, 15) is 27.6 Å². The molecule has 2 amide bonds. The largest absolute Gasteiger partial charge is 0.444 e. The van der Waals surface area contributed by atoms with Gasteiger partial charge in [-0.05, 0) is 70.5 Å². The maximum absolute atomic E-state index is 13.4. The topological polar surface area (TPSA) is 106 Å². The molecule has 3 aromatic rings. The van der Waals surface area contributed by atoms with E-state index in [1.54, 1.807) is 33.8 Å². The lowest BCUT2D eigenvalue weighted by molar-refractivity contribution is -0.137.